The number of Topliss-reactive ketones (excluding diaryl/α,β-unsaturated/α-hetero) is 1. The molecule has 0 aromatic heterocycles. The molecule has 1 N–H and O–H groups in total. The Morgan fingerprint density at radius 1 is 0.711 bits per heavy atom. The van der Waals surface area contributed by atoms with E-state index in [0.29, 0.717) is 11.3 Å². The molecule has 210 valence electrons. The molecule has 38 heavy (non-hydrogen) atoms. The van der Waals surface area contributed by atoms with Gasteiger partial charge in [0.05, 0.1) is 12.7 Å². The summed E-state index contributed by atoms with van der Waals surface area (Å²) >= 11 is 0. The maximum Gasteiger partial charge on any atom is 0.311 e. The highest BCUT2D eigenvalue weighted by Crippen LogP contribution is 2.34. The fourth-order valence-electron chi connectivity index (χ4n) is 4.72. The Hall–Kier alpha value is -2.66. The lowest BCUT2D eigenvalue weighted by Gasteiger charge is -2.16. The highest BCUT2D eigenvalue weighted by Gasteiger charge is 2.25. The van der Waals surface area contributed by atoms with E-state index in [2.05, 4.69) is 6.92 Å². The number of ketones is 1. The van der Waals surface area contributed by atoms with Crippen LogP contribution < -0.4 is 9.47 Å². The first-order valence-corrected chi connectivity index (χ1v) is 14.7. The van der Waals surface area contributed by atoms with E-state index in [0.717, 1.165) is 19.3 Å². The molecular formula is C33H48O5. The maximum atomic E-state index is 13.0. The van der Waals surface area contributed by atoms with Gasteiger partial charge in [-0.15, -0.1) is 0 Å². The molecule has 0 heterocycles. The number of benzene rings is 2. The number of rotatable bonds is 21. The largest absolute Gasteiger partial charge is 0.493 e. The Bertz CT molecular complexity index is 924. The van der Waals surface area contributed by atoms with Crippen molar-refractivity contribution in [3.63, 3.8) is 0 Å². The van der Waals surface area contributed by atoms with Crippen molar-refractivity contribution in [1.82, 2.24) is 0 Å². The quantitative estimate of drug-likeness (QED) is 0.0764. The summed E-state index contributed by atoms with van der Waals surface area (Å²) in [6.45, 7) is 2.26. The third kappa shape index (κ3) is 11.8. The van der Waals surface area contributed by atoms with Crippen LogP contribution in [0.4, 0.5) is 0 Å². The Morgan fingerprint density at radius 3 is 1.76 bits per heavy atom. The molecule has 2 aromatic carbocycles. The van der Waals surface area contributed by atoms with Crippen LogP contribution in [-0.4, -0.2) is 24.0 Å². The number of para-hydroxylation sites is 1. The molecular weight excluding hydrogens is 476 g/mol. The first-order chi connectivity index (χ1) is 18.6. The Balaban J connectivity index is 1.66. The summed E-state index contributed by atoms with van der Waals surface area (Å²) in [6.07, 6.45) is 17.9. The third-order valence-corrected chi connectivity index (χ3v) is 7.03. The third-order valence-electron chi connectivity index (χ3n) is 7.03. The highest BCUT2D eigenvalue weighted by atomic mass is 16.6. The van der Waals surface area contributed by atoms with Crippen LogP contribution in [0.15, 0.2) is 48.5 Å². The van der Waals surface area contributed by atoms with E-state index in [9.17, 15) is 14.7 Å². The number of ether oxygens (including phenoxy) is 2. The minimum Gasteiger partial charge on any atom is -0.493 e. The van der Waals surface area contributed by atoms with Crippen LogP contribution in [0.5, 0.6) is 11.5 Å². The van der Waals surface area contributed by atoms with Gasteiger partial charge in [0.25, 0.3) is 0 Å². The van der Waals surface area contributed by atoms with Gasteiger partial charge in [-0.2, -0.15) is 0 Å². The molecule has 2 aromatic rings. The van der Waals surface area contributed by atoms with Crippen molar-refractivity contribution in [2.75, 3.05) is 7.11 Å². The van der Waals surface area contributed by atoms with Crippen molar-refractivity contribution < 1.29 is 24.2 Å². The molecule has 0 radical (unpaired) electrons. The zero-order valence-corrected chi connectivity index (χ0v) is 23.6. The molecule has 0 amide bonds. The van der Waals surface area contributed by atoms with Gasteiger partial charge in [-0.3, -0.25) is 9.59 Å². The lowest BCUT2D eigenvalue weighted by atomic mass is 9.99. The van der Waals surface area contributed by atoms with Crippen LogP contribution in [0, 0.1) is 0 Å². The smallest absolute Gasteiger partial charge is 0.311 e. The average Bonchev–Trinajstić information content (AvgIpc) is 2.94. The molecule has 0 fully saturated rings. The molecule has 0 saturated heterocycles. The molecule has 1 unspecified atom stereocenters. The molecule has 5 nitrogen and oxygen atoms in total. The van der Waals surface area contributed by atoms with E-state index in [1.165, 1.54) is 84.2 Å². The van der Waals surface area contributed by atoms with Crippen molar-refractivity contribution in [3.8, 4) is 11.5 Å². The summed E-state index contributed by atoms with van der Waals surface area (Å²) in [5, 5.41) is 10.6. The van der Waals surface area contributed by atoms with Crippen LogP contribution >= 0.6 is 0 Å². The van der Waals surface area contributed by atoms with Gasteiger partial charge in [-0.05, 0) is 24.1 Å². The van der Waals surface area contributed by atoms with Crippen LogP contribution in [-0.2, 0) is 4.79 Å². The highest BCUT2D eigenvalue weighted by molar-refractivity contribution is 6.03. The minimum absolute atomic E-state index is 0.0703. The van der Waals surface area contributed by atoms with Crippen molar-refractivity contribution in [3.05, 3.63) is 59.7 Å². The first-order valence-electron chi connectivity index (χ1n) is 14.7. The molecule has 5 heteroatoms. The van der Waals surface area contributed by atoms with E-state index >= 15 is 0 Å². The summed E-state index contributed by atoms with van der Waals surface area (Å²) in [4.78, 5) is 25.6. The van der Waals surface area contributed by atoms with E-state index in [1.54, 1.807) is 42.5 Å². The summed E-state index contributed by atoms with van der Waals surface area (Å²) in [5.41, 5.74) is 0.612. The molecule has 0 aliphatic rings. The number of unbranched alkanes of at least 4 members (excludes halogenated alkanes) is 14. The second-order valence-corrected chi connectivity index (χ2v) is 10.2. The van der Waals surface area contributed by atoms with Gasteiger partial charge in [0, 0.05) is 6.42 Å². The van der Waals surface area contributed by atoms with Gasteiger partial charge in [0.1, 0.15) is 6.10 Å². The normalized spacial score (nSPS) is 11.8. The Morgan fingerprint density at radius 2 is 1.24 bits per heavy atom. The van der Waals surface area contributed by atoms with E-state index in [4.69, 9.17) is 9.47 Å². The van der Waals surface area contributed by atoms with Crippen LogP contribution in [0.1, 0.15) is 132 Å². The fraction of sp³-hybridized carbons (Fsp3) is 0.576. The second kappa shape index (κ2) is 19.4. The minimum atomic E-state index is -1.35. The van der Waals surface area contributed by atoms with Crippen molar-refractivity contribution >= 4 is 11.8 Å². The topological polar surface area (TPSA) is 72.8 Å². The summed E-state index contributed by atoms with van der Waals surface area (Å²) in [6, 6.07) is 13.5. The number of methoxy groups -OCH3 is 1. The number of carbonyl (C=O) groups excluding carboxylic acids is 2. The predicted octanol–water partition coefficient (Wildman–Crippen LogP) is 8.78. The van der Waals surface area contributed by atoms with Crippen molar-refractivity contribution in [2.45, 2.75) is 116 Å². The van der Waals surface area contributed by atoms with E-state index in [-0.39, 0.29) is 17.7 Å². The fourth-order valence-corrected chi connectivity index (χ4v) is 4.72. The number of aliphatic hydroxyl groups excluding tert-OH is 1. The van der Waals surface area contributed by atoms with Crippen molar-refractivity contribution in [2.24, 2.45) is 0 Å². The van der Waals surface area contributed by atoms with Crippen LogP contribution in [0.2, 0.25) is 0 Å². The first kappa shape index (κ1) is 31.6. The van der Waals surface area contributed by atoms with Gasteiger partial charge >= 0.3 is 5.97 Å². The van der Waals surface area contributed by atoms with Gasteiger partial charge < -0.3 is 14.6 Å². The SMILES string of the molecule is CCCCCCCCCCCCCCCCCC(=O)Oc1c(OC)cccc1C(=O)C(O)c1ccccc1. The summed E-state index contributed by atoms with van der Waals surface area (Å²) in [5.74, 6) is -0.570. The number of carbonyl (C=O) groups is 2. The Labute approximate surface area is 229 Å². The zero-order valence-electron chi connectivity index (χ0n) is 23.6. The number of esters is 1. The summed E-state index contributed by atoms with van der Waals surface area (Å²) in [7, 11) is 1.46. The van der Waals surface area contributed by atoms with Gasteiger partial charge in [0.15, 0.2) is 17.3 Å². The van der Waals surface area contributed by atoms with Crippen LogP contribution in [0.25, 0.3) is 0 Å². The molecule has 1 atom stereocenters. The van der Waals surface area contributed by atoms with E-state index < -0.39 is 17.9 Å². The second-order valence-electron chi connectivity index (χ2n) is 10.2. The monoisotopic (exact) mass is 524 g/mol. The van der Waals surface area contributed by atoms with Gasteiger partial charge in [-0.1, -0.05) is 133 Å². The van der Waals surface area contributed by atoms with Crippen molar-refractivity contribution in [1.29, 1.82) is 0 Å². The average molecular weight is 525 g/mol. The lowest BCUT2D eigenvalue weighted by Crippen LogP contribution is -2.16. The number of hydrogen-bond donors (Lipinski definition) is 1. The molecule has 2 rings (SSSR count). The zero-order chi connectivity index (χ0) is 27.4. The Kier molecular flexibility index (Phi) is 16.1. The number of hydrogen-bond acceptors (Lipinski definition) is 5. The van der Waals surface area contributed by atoms with Crippen LogP contribution in [0.3, 0.4) is 0 Å². The van der Waals surface area contributed by atoms with Gasteiger partial charge in [-0.25, -0.2) is 0 Å². The maximum absolute atomic E-state index is 13.0. The molecule has 0 bridgehead atoms. The molecule has 0 aliphatic carbocycles. The molecule has 0 spiro atoms. The molecule has 0 saturated carbocycles. The van der Waals surface area contributed by atoms with E-state index in [1.807, 2.05) is 6.07 Å². The standard InChI is InChI=1S/C33H48O5/c1-3-4-5-6-7-8-9-10-11-12-13-14-15-16-20-26-30(34)38-33-28(24-21-25-29(33)37-2)32(36)31(35)27-22-18-17-19-23-27/h17-19,21-25,31,35H,3-16,20,26H2,1-2H3. The summed E-state index contributed by atoms with van der Waals surface area (Å²) < 4.78 is 10.9. The predicted molar refractivity (Wildman–Crippen MR) is 154 cm³/mol. The number of aliphatic hydroxyl groups is 1. The van der Waals surface area contributed by atoms with Gasteiger partial charge in [0.2, 0.25) is 0 Å². The lowest BCUT2D eigenvalue weighted by molar-refractivity contribution is -0.134. The molecule has 0 aliphatic heterocycles.